The van der Waals surface area contributed by atoms with Gasteiger partial charge in [-0.15, -0.1) is 0 Å². The van der Waals surface area contributed by atoms with Crippen LogP contribution in [-0.4, -0.2) is 6.04 Å². The number of hydrogen-bond acceptors (Lipinski definition) is 1. The Hall–Kier alpha value is -1.40. The average molecular weight is 285 g/mol. The SMILES string of the molecule is CCC(C)Nc1cc(C(F)(F)F)cc(C(F)(F)F)c1. The fourth-order valence-corrected chi connectivity index (χ4v) is 1.42. The van der Waals surface area contributed by atoms with E-state index in [0.29, 0.717) is 18.6 Å². The third-order valence-electron chi connectivity index (χ3n) is 2.61. The molecule has 0 bridgehead atoms. The van der Waals surface area contributed by atoms with Crippen LogP contribution in [0.1, 0.15) is 31.4 Å². The lowest BCUT2D eigenvalue weighted by Crippen LogP contribution is -2.16. The highest BCUT2D eigenvalue weighted by molar-refractivity contribution is 5.51. The predicted octanol–water partition coefficient (Wildman–Crippen LogP) is 4.93. The highest BCUT2D eigenvalue weighted by Crippen LogP contribution is 2.37. The highest BCUT2D eigenvalue weighted by atomic mass is 19.4. The van der Waals surface area contributed by atoms with Crippen LogP contribution >= 0.6 is 0 Å². The van der Waals surface area contributed by atoms with Gasteiger partial charge in [-0.3, -0.25) is 0 Å². The van der Waals surface area contributed by atoms with Gasteiger partial charge in [-0.05, 0) is 31.5 Å². The highest BCUT2D eigenvalue weighted by Gasteiger charge is 2.36. The van der Waals surface area contributed by atoms with Crippen molar-refractivity contribution in [1.82, 2.24) is 0 Å². The van der Waals surface area contributed by atoms with Crippen molar-refractivity contribution in [3.8, 4) is 0 Å². The molecule has 1 aromatic carbocycles. The van der Waals surface area contributed by atoms with E-state index in [1.807, 2.05) is 0 Å². The van der Waals surface area contributed by atoms with Crippen molar-refractivity contribution < 1.29 is 26.3 Å². The molecule has 0 aliphatic heterocycles. The molecule has 0 fully saturated rings. The number of rotatable bonds is 3. The molecule has 1 unspecified atom stereocenters. The number of benzene rings is 1. The first kappa shape index (κ1) is 15.7. The monoisotopic (exact) mass is 285 g/mol. The number of halogens is 6. The van der Waals surface area contributed by atoms with Crippen LogP contribution in [0.15, 0.2) is 18.2 Å². The molecule has 1 N–H and O–H groups in total. The molecular weight excluding hydrogens is 272 g/mol. The molecule has 0 spiro atoms. The fraction of sp³-hybridized carbons (Fsp3) is 0.500. The van der Waals surface area contributed by atoms with Crippen molar-refractivity contribution >= 4 is 5.69 Å². The Balaban J connectivity index is 3.25. The zero-order valence-electron chi connectivity index (χ0n) is 10.3. The quantitative estimate of drug-likeness (QED) is 0.776. The van der Waals surface area contributed by atoms with E-state index in [-0.39, 0.29) is 17.8 Å². The summed E-state index contributed by atoms with van der Waals surface area (Å²) in [7, 11) is 0. The van der Waals surface area contributed by atoms with Crippen LogP contribution in [0.2, 0.25) is 0 Å². The summed E-state index contributed by atoms with van der Waals surface area (Å²) < 4.78 is 75.4. The van der Waals surface area contributed by atoms with E-state index in [1.165, 1.54) is 0 Å². The zero-order chi connectivity index (χ0) is 14.8. The molecule has 1 aromatic rings. The van der Waals surface area contributed by atoms with Gasteiger partial charge in [-0.25, -0.2) is 0 Å². The van der Waals surface area contributed by atoms with Crippen LogP contribution in [0.25, 0.3) is 0 Å². The molecule has 0 radical (unpaired) electrons. The van der Waals surface area contributed by atoms with Gasteiger partial charge in [0.15, 0.2) is 0 Å². The maximum absolute atomic E-state index is 12.6. The first-order valence-electron chi connectivity index (χ1n) is 5.60. The molecule has 0 aliphatic carbocycles. The lowest BCUT2D eigenvalue weighted by molar-refractivity contribution is -0.143. The van der Waals surface area contributed by atoms with Gasteiger partial charge in [0.1, 0.15) is 0 Å². The molecule has 19 heavy (non-hydrogen) atoms. The van der Waals surface area contributed by atoms with E-state index < -0.39 is 23.5 Å². The number of anilines is 1. The summed E-state index contributed by atoms with van der Waals surface area (Å²) in [4.78, 5) is 0. The Kier molecular flexibility index (Phi) is 4.37. The van der Waals surface area contributed by atoms with Gasteiger partial charge in [0.2, 0.25) is 0 Å². The topological polar surface area (TPSA) is 12.0 Å². The van der Waals surface area contributed by atoms with E-state index in [1.54, 1.807) is 13.8 Å². The van der Waals surface area contributed by atoms with E-state index in [2.05, 4.69) is 5.32 Å². The van der Waals surface area contributed by atoms with Gasteiger partial charge in [0.25, 0.3) is 0 Å². The Morgan fingerprint density at radius 3 is 1.68 bits per heavy atom. The maximum atomic E-state index is 12.6. The Morgan fingerprint density at radius 2 is 1.37 bits per heavy atom. The summed E-state index contributed by atoms with van der Waals surface area (Å²) in [6.45, 7) is 3.45. The minimum Gasteiger partial charge on any atom is -0.383 e. The van der Waals surface area contributed by atoms with Gasteiger partial charge in [-0.2, -0.15) is 26.3 Å². The molecule has 0 amide bonds. The van der Waals surface area contributed by atoms with Crippen molar-refractivity contribution in [3.05, 3.63) is 29.3 Å². The molecule has 0 aromatic heterocycles. The minimum atomic E-state index is -4.81. The van der Waals surface area contributed by atoms with E-state index in [9.17, 15) is 26.3 Å². The summed E-state index contributed by atoms with van der Waals surface area (Å²) in [6, 6.07) is 1.26. The van der Waals surface area contributed by atoms with Gasteiger partial charge in [0, 0.05) is 11.7 Å². The summed E-state index contributed by atoms with van der Waals surface area (Å²) in [5, 5.41) is 2.62. The molecule has 0 aliphatic rings. The molecule has 0 saturated heterocycles. The third kappa shape index (κ3) is 4.33. The summed E-state index contributed by atoms with van der Waals surface area (Å²) in [5.41, 5.74) is -2.81. The van der Waals surface area contributed by atoms with Crippen LogP contribution in [0.4, 0.5) is 32.0 Å². The maximum Gasteiger partial charge on any atom is 0.416 e. The Labute approximate surface area is 106 Å². The Morgan fingerprint density at radius 1 is 0.947 bits per heavy atom. The summed E-state index contributed by atoms with van der Waals surface area (Å²) in [5.74, 6) is 0. The average Bonchev–Trinajstić information content (AvgIpc) is 2.26. The van der Waals surface area contributed by atoms with Crippen molar-refractivity contribution in [2.75, 3.05) is 5.32 Å². The van der Waals surface area contributed by atoms with Crippen LogP contribution in [0, 0.1) is 0 Å². The fourth-order valence-electron chi connectivity index (χ4n) is 1.42. The van der Waals surface area contributed by atoms with E-state index >= 15 is 0 Å². The predicted molar refractivity (Wildman–Crippen MR) is 59.8 cm³/mol. The second kappa shape index (κ2) is 5.30. The van der Waals surface area contributed by atoms with Crippen molar-refractivity contribution in [2.45, 2.75) is 38.7 Å². The first-order valence-corrected chi connectivity index (χ1v) is 5.60. The van der Waals surface area contributed by atoms with E-state index in [4.69, 9.17) is 0 Å². The largest absolute Gasteiger partial charge is 0.416 e. The van der Waals surface area contributed by atoms with Crippen molar-refractivity contribution in [1.29, 1.82) is 0 Å². The molecule has 108 valence electrons. The molecule has 0 saturated carbocycles. The van der Waals surface area contributed by atoms with Crippen molar-refractivity contribution in [2.24, 2.45) is 0 Å². The second-order valence-corrected chi connectivity index (χ2v) is 4.25. The standard InChI is InChI=1S/C12H13F6N/c1-3-7(2)19-10-5-8(11(13,14)15)4-9(6-10)12(16,17)18/h4-7,19H,3H2,1-2H3. The van der Waals surface area contributed by atoms with Crippen LogP contribution in [0.5, 0.6) is 0 Å². The summed E-state index contributed by atoms with van der Waals surface area (Å²) >= 11 is 0. The second-order valence-electron chi connectivity index (χ2n) is 4.25. The molecule has 1 atom stereocenters. The third-order valence-corrected chi connectivity index (χ3v) is 2.61. The molecule has 0 heterocycles. The number of hydrogen-bond donors (Lipinski definition) is 1. The van der Waals surface area contributed by atoms with E-state index in [0.717, 1.165) is 0 Å². The normalized spacial score (nSPS) is 14.3. The van der Waals surface area contributed by atoms with Gasteiger partial charge in [0.05, 0.1) is 11.1 Å². The van der Waals surface area contributed by atoms with Gasteiger partial charge < -0.3 is 5.32 Å². The lowest BCUT2D eigenvalue weighted by Gasteiger charge is -2.17. The Bertz CT molecular complexity index is 403. The molecule has 1 nitrogen and oxygen atoms in total. The van der Waals surface area contributed by atoms with Crippen LogP contribution in [-0.2, 0) is 12.4 Å². The number of alkyl halides is 6. The lowest BCUT2D eigenvalue weighted by atomic mass is 10.1. The smallest absolute Gasteiger partial charge is 0.383 e. The minimum absolute atomic E-state index is 0.113. The molecular formula is C12H13F6N. The summed E-state index contributed by atoms with van der Waals surface area (Å²) in [6.07, 6.45) is -9.04. The van der Waals surface area contributed by atoms with Crippen LogP contribution < -0.4 is 5.32 Å². The number of nitrogens with one attached hydrogen (secondary N) is 1. The van der Waals surface area contributed by atoms with Gasteiger partial charge in [-0.1, -0.05) is 6.92 Å². The van der Waals surface area contributed by atoms with Crippen LogP contribution in [0.3, 0.4) is 0 Å². The van der Waals surface area contributed by atoms with Gasteiger partial charge >= 0.3 is 12.4 Å². The van der Waals surface area contributed by atoms with Crippen molar-refractivity contribution in [3.63, 3.8) is 0 Å². The zero-order valence-corrected chi connectivity index (χ0v) is 10.3. The molecule has 1 rings (SSSR count). The first-order chi connectivity index (χ1) is 8.54. The molecule has 7 heteroatoms.